The summed E-state index contributed by atoms with van der Waals surface area (Å²) in [7, 11) is 0. The van der Waals surface area contributed by atoms with Crippen LogP contribution in [0, 0.1) is 6.92 Å². The molecule has 0 spiro atoms. The van der Waals surface area contributed by atoms with E-state index in [4.69, 9.17) is 34.8 Å². The SMILES string of the molecule is Cc1ccc(NC(=O)c2cccc(Cl)c2Cl)c(Cl)c1. The summed E-state index contributed by atoms with van der Waals surface area (Å²) >= 11 is 17.9. The van der Waals surface area contributed by atoms with Crippen molar-refractivity contribution in [3.05, 3.63) is 62.6 Å². The summed E-state index contributed by atoms with van der Waals surface area (Å²) in [5.41, 5.74) is 1.86. The molecule has 0 aliphatic rings. The minimum atomic E-state index is -0.349. The van der Waals surface area contributed by atoms with Crippen molar-refractivity contribution in [2.24, 2.45) is 0 Å². The first-order valence-corrected chi connectivity index (χ1v) is 6.64. The second kappa shape index (κ2) is 5.83. The highest BCUT2D eigenvalue weighted by Crippen LogP contribution is 2.28. The van der Waals surface area contributed by atoms with E-state index in [2.05, 4.69) is 5.32 Å². The summed E-state index contributed by atoms with van der Waals surface area (Å²) in [5.74, 6) is -0.349. The van der Waals surface area contributed by atoms with Crippen LogP contribution >= 0.6 is 34.8 Å². The van der Waals surface area contributed by atoms with Gasteiger partial charge < -0.3 is 5.32 Å². The normalized spacial score (nSPS) is 10.3. The molecule has 2 aromatic rings. The van der Waals surface area contributed by atoms with Gasteiger partial charge in [-0.15, -0.1) is 0 Å². The van der Waals surface area contributed by atoms with Crippen LogP contribution in [0.2, 0.25) is 15.1 Å². The van der Waals surface area contributed by atoms with Crippen molar-refractivity contribution in [2.75, 3.05) is 5.32 Å². The molecule has 0 atom stereocenters. The molecule has 1 N–H and O–H groups in total. The van der Waals surface area contributed by atoms with Crippen LogP contribution in [0.15, 0.2) is 36.4 Å². The smallest absolute Gasteiger partial charge is 0.257 e. The van der Waals surface area contributed by atoms with Crippen LogP contribution in [0.4, 0.5) is 5.69 Å². The maximum atomic E-state index is 12.1. The number of halogens is 3. The number of aryl methyl sites for hydroxylation is 1. The van der Waals surface area contributed by atoms with Gasteiger partial charge in [-0.05, 0) is 36.8 Å². The van der Waals surface area contributed by atoms with E-state index in [9.17, 15) is 4.79 Å². The fourth-order valence-corrected chi connectivity index (χ4v) is 2.26. The number of anilines is 1. The minimum absolute atomic E-state index is 0.227. The van der Waals surface area contributed by atoms with E-state index in [1.165, 1.54) is 0 Å². The highest BCUT2D eigenvalue weighted by atomic mass is 35.5. The third-order valence-electron chi connectivity index (χ3n) is 2.57. The van der Waals surface area contributed by atoms with E-state index in [-0.39, 0.29) is 10.9 Å². The Morgan fingerprint density at radius 2 is 1.79 bits per heavy atom. The van der Waals surface area contributed by atoms with Crippen LogP contribution in [0.5, 0.6) is 0 Å². The average molecular weight is 315 g/mol. The van der Waals surface area contributed by atoms with E-state index in [0.29, 0.717) is 21.3 Å². The summed E-state index contributed by atoms with van der Waals surface area (Å²) in [6, 6.07) is 10.3. The number of amides is 1. The number of hydrogen-bond donors (Lipinski definition) is 1. The van der Waals surface area contributed by atoms with Crippen molar-refractivity contribution in [2.45, 2.75) is 6.92 Å². The molecule has 0 unspecified atom stereocenters. The van der Waals surface area contributed by atoms with E-state index >= 15 is 0 Å². The second-order valence-electron chi connectivity index (χ2n) is 4.04. The summed E-state index contributed by atoms with van der Waals surface area (Å²) < 4.78 is 0. The van der Waals surface area contributed by atoms with Crippen molar-refractivity contribution in [3.63, 3.8) is 0 Å². The zero-order valence-corrected chi connectivity index (χ0v) is 12.3. The minimum Gasteiger partial charge on any atom is -0.321 e. The lowest BCUT2D eigenvalue weighted by Crippen LogP contribution is -2.12. The molecule has 2 aromatic carbocycles. The lowest BCUT2D eigenvalue weighted by molar-refractivity contribution is 0.102. The largest absolute Gasteiger partial charge is 0.321 e. The predicted molar refractivity (Wildman–Crippen MR) is 80.6 cm³/mol. The molecule has 0 aliphatic carbocycles. The molecule has 0 saturated heterocycles. The first-order chi connectivity index (χ1) is 8.99. The van der Waals surface area contributed by atoms with Crippen LogP contribution < -0.4 is 5.32 Å². The molecular formula is C14H10Cl3NO. The van der Waals surface area contributed by atoms with Crippen molar-refractivity contribution >= 4 is 46.4 Å². The van der Waals surface area contributed by atoms with Gasteiger partial charge in [0.25, 0.3) is 5.91 Å². The van der Waals surface area contributed by atoms with Gasteiger partial charge >= 0.3 is 0 Å². The molecule has 0 aliphatic heterocycles. The van der Waals surface area contributed by atoms with Gasteiger partial charge in [0, 0.05) is 0 Å². The summed E-state index contributed by atoms with van der Waals surface area (Å²) in [6.45, 7) is 1.92. The molecule has 98 valence electrons. The maximum Gasteiger partial charge on any atom is 0.257 e. The number of rotatable bonds is 2. The molecular weight excluding hydrogens is 305 g/mol. The Morgan fingerprint density at radius 1 is 1.05 bits per heavy atom. The summed E-state index contributed by atoms with van der Waals surface area (Å²) in [5, 5.41) is 3.75. The number of hydrogen-bond acceptors (Lipinski definition) is 1. The van der Waals surface area contributed by atoms with Gasteiger partial charge in [0.15, 0.2) is 0 Å². The van der Waals surface area contributed by atoms with Crippen molar-refractivity contribution in [1.29, 1.82) is 0 Å². The van der Waals surface area contributed by atoms with Gasteiger partial charge in [0.05, 0.1) is 26.3 Å². The summed E-state index contributed by atoms with van der Waals surface area (Å²) in [6.07, 6.45) is 0. The monoisotopic (exact) mass is 313 g/mol. The van der Waals surface area contributed by atoms with Crippen LogP contribution in [-0.4, -0.2) is 5.91 Å². The van der Waals surface area contributed by atoms with Gasteiger partial charge in [-0.1, -0.05) is 46.9 Å². The zero-order chi connectivity index (χ0) is 14.0. The van der Waals surface area contributed by atoms with E-state index < -0.39 is 0 Å². The molecule has 0 bridgehead atoms. The van der Waals surface area contributed by atoms with E-state index in [1.54, 1.807) is 30.3 Å². The highest BCUT2D eigenvalue weighted by molar-refractivity contribution is 6.44. The molecule has 2 rings (SSSR count). The van der Waals surface area contributed by atoms with Crippen molar-refractivity contribution in [3.8, 4) is 0 Å². The molecule has 0 heterocycles. The second-order valence-corrected chi connectivity index (χ2v) is 5.23. The number of carbonyl (C=O) groups excluding carboxylic acids is 1. The molecule has 2 nitrogen and oxygen atoms in total. The Balaban J connectivity index is 2.28. The Kier molecular flexibility index (Phi) is 4.35. The summed E-state index contributed by atoms with van der Waals surface area (Å²) in [4.78, 5) is 12.1. The van der Waals surface area contributed by atoms with Crippen LogP contribution in [-0.2, 0) is 0 Å². The van der Waals surface area contributed by atoms with Gasteiger partial charge in [-0.3, -0.25) is 4.79 Å². The Morgan fingerprint density at radius 3 is 2.47 bits per heavy atom. The van der Waals surface area contributed by atoms with Crippen LogP contribution in [0.1, 0.15) is 15.9 Å². The molecule has 0 saturated carbocycles. The van der Waals surface area contributed by atoms with E-state index in [0.717, 1.165) is 5.56 Å². The quantitative estimate of drug-likeness (QED) is 0.810. The van der Waals surface area contributed by atoms with Crippen molar-refractivity contribution in [1.82, 2.24) is 0 Å². The van der Waals surface area contributed by atoms with Crippen LogP contribution in [0.3, 0.4) is 0 Å². The first kappa shape index (κ1) is 14.2. The van der Waals surface area contributed by atoms with Gasteiger partial charge in [0.1, 0.15) is 0 Å². The third kappa shape index (κ3) is 3.21. The molecule has 0 fully saturated rings. The molecule has 19 heavy (non-hydrogen) atoms. The molecule has 0 radical (unpaired) electrons. The number of carbonyl (C=O) groups is 1. The topological polar surface area (TPSA) is 29.1 Å². The highest BCUT2D eigenvalue weighted by Gasteiger charge is 2.13. The van der Waals surface area contributed by atoms with Gasteiger partial charge in [-0.25, -0.2) is 0 Å². The Bertz CT molecular complexity index is 641. The average Bonchev–Trinajstić information content (AvgIpc) is 2.36. The molecule has 1 amide bonds. The predicted octanol–water partition coefficient (Wildman–Crippen LogP) is 5.21. The number of benzene rings is 2. The van der Waals surface area contributed by atoms with Crippen molar-refractivity contribution < 1.29 is 4.79 Å². The Hall–Kier alpha value is -1.22. The molecule has 5 heteroatoms. The fraction of sp³-hybridized carbons (Fsp3) is 0.0714. The maximum absolute atomic E-state index is 12.1. The Labute approximate surface area is 126 Å². The van der Waals surface area contributed by atoms with Gasteiger partial charge in [-0.2, -0.15) is 0 Å². The standard InChI is InChI=1S/C14H10Cl3NO/c1-8-5-6-12(11(16)7-8)18-14(19)9-3-2-4-10(15)13(9)17/h2-7H,1H3,(H,18,19). The zero-order valence-electron chi connectivity index (χ0n) is 10.0. The van der Waals surface area contributed by atoms with Crippen LogP contribution in [0.25, 0.3) is 0 Å². The first-order valence-electron chi connectivity index (χ1n) is 5.50. The lowest BCUT2D eigenvalue weighted by Gasteiger charge is -2.09. The molecule has 0 aromatic heterocycles. The van der Waals surface area contributed by atoms with Gasteiger partial charge in [0.2, 0.25) is 0 Å². The van der Waals surface area contributed by atoms with E-state index in [1.807, 2.05) is 13.0 Å². The lowest BCUT2D eigenvalue weighted by atomic mass is 10.2. The third-order valence-corrected chi connectivity index (χ3v) is 3.70. The number of nitrogens with one attached hydrogen (secondary N) is 1. The fourth-order valence-electron chi connectivity index (χ4n) is 1.59.